The van der Waals surface area contributed by atoms with E-state index < -0.39 is 0 Å². The maximum Gasteiger partial charge on any atom is 0.128 e. The first kappa shape index (κ1) is 14.3. The Morgan fingerprint density at radius 3 is 2.58 bits per heavy atom. The fourth-order valence-electron chi connectivity index (χ4n) is 2.34. The van der Waals surface area contributed by atoms with Crippen LogP contribution in [0.4, 0.5) is 5.82 Å². The van der Waals surface area contributed by atoms with E-state index in [0.717, 1.165) is 24.8 Å². The molecule has 3 heteroatoms. The van der Waals surface area contributed by atoms with Gasteiger partial charge in [-0.05, 0) is 49.8 Å². The average Bonchev–Trinajstić information content (AvgIpc) is 3.22. The first-order chi connectivity index (χ1) is 9.08. The maximum atomic E-state index is 4.59. The molecule has 0 saturated heterocycles. The van der Waals surface area contributed by atoms with Crippen LogP contribution in [-0.4, -0.2) is 24.6 Å². The molecule has 0 aromatic carbocycles. The zero-order valence-corrected chi connectivity index (χ0v) is 12.7. The summed E-state index contributed by atoms with van der Waals surface area (Å²) in [6.45, 7) is 8.72. The predicted octanol–water partition coefficient (Wildman–Crippen LogP) is 3.06. The lowest BCUT2D eigenvalue weighted by molar-refractivity contribution is 0.551. The molecule has 1 fully saturated rings. The zero-order valence-electron chi connectivity index (χ0n) is 12.7. The van der Waals surface area contributed by atoms with Crippen LogP contribution in [0.1, 0.15) is 39.2 Å². The number of hydrogen-bond donors (Lipinski definition) is 1. The highest BCUT2D eigenvalue weighted by molar-refractivity contribution is 5.39. The molecule has 1 aliphatic carbocycles. The first-order valence-electron chi connectivity index (χ1n) is 7.46. The topological polar surface area (TPSA) is 28.2 Å². The van der Waals surface area contributed by atoms with Gasteiger partial charge >= 0.3 is 0 Å². The van der Waals surface area contributed by atoms with Gasteiger partial charge in [-0.2, -0.15) is 0 Å². The Labute approximate surface area is 117 Å². The summed E-state index contributed by atoms with van der Waals surface area (Å²) in [5.74, 6) is 2.66. The summed E-state index contributed by atoms with van der Waals surface area (Å²) in [4.78, 5) is 6.90. The lowest BCUT2D eigenvalue weighted by Gasteiger charge is -2.26. The van der Waals surface area contributed by atoms with Gasteiger partial charge in [0.2, 0.25) is 0 Å². The lowest BCUT2D eigenvalue weighted by atomic mass is 10.2. The number of nitrogens with zero attached hydrogens (tertiary/aromatic N) is 2. The van der Waals surface area contributed by atoms with Crippen molar-refractivity contribution in [1.82, 2.24) is 10.3 Å². The summed E-state index contributed by atoms with van der Waals surface area (Å²) in [7, 11) is 2.15. The van der Waals surface area contributed by atoms with Crippen LogP contribution in [-0.2, 0) is 6.54 Å². The van der Waals surface area contributed by atoms with Crippen molar-refractivity contribution in [1.29, 1.82) is 0 Å². The van der Waals surface area contributed by atoms with Gasteiger partial charge in [-0.25, -0.2) is 4.98 Å². The molecular weight excluding hydrogens is 234 g/mol. The van der Waals surface area contributed by atoms with Gasteiger partial charge in [0.05, 0.1) is 0 Å². The van der Waals surface area contributed by atoms with E-state index in [-0.39, 0.29) is 0 Å². The van der Waals surface area contributed by atoms with Crippen molar-refractivity contribution in [2.75, 3.05) is 18.5 Å². The number of hydrogen-bond acceptors (Lipinski definition) is 3. The summed E-state index contributed by atoms with van der Waals surface area (Å²) >= 11 is 0. The van der Waals surface area contributed by atoms with Gasteiger partial charge in [0, 0.05) is 25.8 Å². The van der Waals surface area contributed by atoms with Crippen molar-refractivity contribution in [2.24, 2.45) is 11.8 Å². The highest BCUT2D eigenvalue weighted by Crippen LogP contribution is 2.35. The molecular formula is C16H27N3. The zero-order chi connectivity index (χ0) is 13.8. The van der Waals surface area contributed by atoms with Crippen LogP contribution in [0.25, 0.3) is 0 Å². The van der Waals surface area contributed by atoms with E-state index in [4.69, 9.17) is 0 Å². The Morgan fingerprint density at radius 2 is 2.05 bits per heavy atom. The standard InChI is InChI=1S/C16H27N3/c1-12(2)9-17-10-14-5-8-16(18-11-14)19(4)13(3)15-6-7-15/h5,8,11-13,15,17H,6-7,9-10H2,1-4H3. The van der Waals surface area contributed by atoms with Crippen LogP contribution in [0.15, 0.2) is 18.3 Å². The molecule has 1 saturated carbocycles. The van der Waals surface area contributed by atoms with Crippen LogP contribution in [0.3, 0.4) is 0 Å². The Morgan fingerprint density at radius 1 is 1.32 bits per heavy atom. The molecule has 1 aliphatic rings. The van der Waals surface area contributed by atoms with E-state index in [9.17, 15) is 0 Å². The van der Waals surface area contributed by atoms with Crippen molar-refractivity contribution in [2.45, 2.75) is 46.2 Å². The van der Waals surface area contributed by atoms with Crippen LogP contribution in [0.2, 0.25) is 0 Å². The molecule has 1 N–H and O–H groups in total. The average molecular weight is 261 g/mol. The third kappa shape index (κ3) is 4.20. The number of rotatable bonds is 7. The minimum absolute atomic E-state index is 0.609. The molecule has 1 heterocycles. The van der Waals surface area contributed by atoms with E-state index in [1.54, 1.807) is 0 Å². The molecule has 2 rings (SSSR count). The lowest BCUT2D eigenvalue weighted by Crippen LogP contribution is -2.31. The second-order valence-corrected chi connectivity index (χ2v) is 6.24. The molecule has 0 amide bonds. The normalized spacial score (nSPS) is 16.7. The van der Waals surface area contributed by atoms with Crippen LogP contribution >= 0.6 is 0 Å². The minimum Gasteiger partial charge on any atom is -0.357 e. The van der Waals surface area contributed by atoms with Gasteiger partial charge in [-0.1, -0.05) is 19.9 Å². The molecule has 0 radical (unpaired) electrons. The molecule has 0 spiro atoms. The molecule has 1 atom stereocenters. The number of nitrogens with one attached hydrogen (secondary N) is 1. The fraction of sp³-hybridized carbons (Fsp3) is 0.688. The predicted molar refractivity (Wildman–Crippen MR) is 81.4 cm³/mol. The summed E-state index contributed by atoms with van der Waals surface area (Å²) in [6.07, 6.45) is 4.75. The first-order valence-corrected chi connectivity index (χ1v) is 7.46. The van der Waals surface area contributed by atoms with E-state index in [1.165, 1.54) is 18.4 Å². The van der Waals surface area contributed by atoms with Crippen molar-refractivity contribution in [3.8, 4) is 0 Å². The summed E-state index contributed by atoms with van der Waals surface area (Å²) in [6, 6.07) is 4.94. The molecule has 3 nitrogen and oxygen atoms in total. The molecule has 1 unspecified atom stereocenters. The third-order valence-corrected chi connectivity index (χ3v) is 3.97. The second kappa shape index (κ2) is 6.38. The van der Waals surface area contributed by atoms with Gasteiger partial charge in [0.25, 0.3) is 0 Å². The van der Waals surface area contributed by atoms with Crippen molar-refractivity contribution in [3.05, 3.63) is 23.9 Å². The summed E-state index contributed by atoms with van der Waals surface area (Å²) < 4.78 is 0. The Balaban J connectivity index is 1.86. The molecule has 0 aliphatic heterocycles. The Kier molecular flexibility index (Phi) is 4.81. The SMILES string of the molecule is CC(C)CNCc1ccc(N(C)C(C)C2CC2)nc1. The van der Waals surface area contributed by atoms with Gasteiger partial charge in [0.15, 0.2) is 0 Å². The van der Waals surface area contributed by atoms with Crippen LogP contribution < -0.4 is 10.2 Å². The summed E-state index contributed by atoms with van der Waals surface area (Å²) in [5, 5.41) is 3.45. The molecule has 1 aromatic rings. The quantitative estimate of drug-likeness (QED) is 0.817. The fourth-order valence-corrected chi connectivity index (χ4v) is 2.34. The molecule has 1 aromatic heterocycles. The monoisotopic (exact) mass is 261 g/mol. The molecule has 0 bridgehead atoms. The van der Waals surface area contributed by atoms with E-state index in [0.29, 0.717) is 12.0 Å². The van der Waals surface area contributed by atoms with Crippen molar-refractivity contribution < 1.29 is 0 Å². The van der Waals surface area contributed by atoms with Gasteiger partial charge in [0.1, 0.15) is 5.82 Å². The van der Waals surface area contributed by atoms with Crippen LogP contribution in [0, 0.1) is 11.8 Å². The largest absolute Gasteiger partial charge is 0.357 e. The number of pyridine rings is 1. The van der Waals surface area contributed by atoms with E-state index in [2.05, 4.69) is 55.2 Å². The number of aromatic nitrogens is 1. The molecule has 19 heavy (non-hydrogen) atoms. The van der Waals surface area contributed by atoms with E-state index in [1.807, 2.05) is 6.20 Å². The smallest absolute Gasteiger partial charge is 0.128 e. The second-order valence-electron chi connectivity index (χ2n) is 6.24. The van der Waals surface area contributed by atoms with Gasteiger partial charge in [-0.3, -0.25) is 0 Å². The van der Waals surface area contributed by atoms with Crippen molar-refractivity contribution in [3.63, 3.8) is 0 Å². The molecule has 106 valence electrons. The van der Waals surface area contributed by atoms with Crippen LogP contribution in [0.5, 0.6) is 0 Å². The maximum absolute atomic E-state index is 4.59. The van der Waals surface area contributed by atoms with Gasteiger partial charge < -0.3 is 10.2 Å². The minimum atomic E-state index is 0.609. The summed E-state index contributed by atoms with van der Waals surface area (Å²) in [5.41, 5.74) is 1.26. The third-order valence-electron chi connectivity index (χ3n) is 3.97. The highest BCUT2D eigenvalue weighted by Gasteiger charge is 2.30. The Bertz CT molecular complexity index is 381. The number of anilines is 1. The highest BCUT2D eigenvalue weighted by atomic mass is 15.2. The Hall–Kier alpha value is -1.09. The van der Waals surface area contributed by atoms with Crippen molar-refractivity contribution >= 4 is 5.82 Å². The van der Waals surface area contributed by atoms with E-state index >= 15 is 0 Å². The van der Waals surface area contributed by atoms with Gasteiger partial charge in [-0.15, -0.1) is 0 Å².